The minimum Gasteiger partial charge on any atom is -0.497 e. The van der Waals surface area contributed by atoms with Crippen molar-refractivity contribution >= 4 is 0 Å². The van der Waals surface area contributed by atoms with E-state index in [1.54, 1.807) is 7.11 Å². The van der Waals surface area contributed by atoms with Crippen LogP contribution in [0.3, 0.4) is 0 Å². The van der Waals surface area contributed by atoms with Gasteiger partial charge in [-0.15, -0.1) is 6.42 Å². The Balaban J connectivity index is 2.70. The van der Waals surface area contributed by atoms with Crippen molar-refractivity contribution in [2.24, 2.45) is 0 Å². The molecule has 1 N–H and O–H groups in total. The summed E-state index contributed by atoms with van der Waals surface area (Å²) in [6.45, 7) is 0.204. The largest absolute Gasteiger partial charge is 0.497 e. The van der Waals surface area contributed by atoms with Crippen molar-refractivity contribution in [3.8, 4) is 18.1 Å². The summed E-state index contributed by atoms with van der Waals surface area (Å²) in [5.41, 5.74) is 0.881. The number of aliphatic hydroxyl groups excluding tert-OH is 1. The molecule has 0 aromatic heterocycles. The average molecular weight is 206 g/mol. The van der Waals surface area contributed by atoms with Gasteiger partial charge in [0.05, 0.1) is 20.3 Å². The Bertz CT molecular complexity index is 324. The average Bonchev–Trinajstić information content (AvgIpc) is 2.31. The number of rotatable bonds is 5. The molecule has 15 heavy (non-hydrogen) atoms. The molecule has 0 fully saturated rings. The Kier molecular flexibility index (Phi) is 4.69. The summed E-state index contributed by atoms with van der Waals surface area (Å²) in [5.74, 6) is 3.29. The van der Waals surface area contributed by atoms with Crippen LogP contribution in [0.5, 0.6) is 5.75 Å². The Labute approximate surface area is 89.6 Å². The smallest absolute Gasteiger partial charge is 0.143 e. The molecule has 0 bridgehead atoms. The predicted molar refractivity (Wildman–Crippen MR) is 57.6 cm³/mol. The highest BCUT2D eigenvalue weighted by Gasteiger charge is 2.07. The zero-order valence-electron chi connectivity index (χ0n) is 8.64. The molecular weight excluding hydrogens is 192 g/mol. The molecule has 1 rings (SSSR count). The van der Waals surface area contributed by atoms with E-state index in [0.29, 0.717) is 0 Å². The predicted octanol–water partition coefficient (Wildman–Crippen LogP) is 1.38. The molecule has 0 heterocycles. The molecule has 0 amide bonds. The second-order valence-electron chi connectivity index (χ2n) is 2.91. The van der Waals surface area contributed by atoms with E-state index in [4.69, 9.17) is 21.0 Å². The molecule has 0 spiro atoms. The highest BCUT2D eigenvalue weighted by Crippen LogP contribution is 2.19. The van der Waals surface area contributed by atoms with Crippen LogP contribution in [0.4, 0.5) is 0 Å². The number of hydrogen-bond donors (Lipinski definition) is 1. The summed E-state index contributed by atoms with van der Waals surface area (Å²) >= 11 is 0. The lowest BCUT2D eigenvalue weighted by molar-refractivity contribution is 0.0593. The maximum absolute atomic E-state index is 8.63. The number of benzene rings is 1. The quantitative estimate of drug-likeness (QED) is 0.740. The third-order valence-electron chi connectivity index (χ3n) is 1.95. The van der Waals surface area contributed by atoms with Gasteiger partial charge in [-0.25, -0.2) is 0 Å². The molecule has 0 radical (unpaired) electrons. The summed E-state index contributed by atoms with van der Waals surface area (Å²) in [6, 6.07) is 7.34. The molecule has 1 aromatic carbocycles. The highest BCUT2D eigenvalue weighted by atomic mass is 16.5. The van der Waals surface area contributed by atoms with E-state index in [1.165, 1.54) is 0 Å². The number of hydrogen-bond acceptors (Lipinski definition) is 3. The topological polar surface area (TPSA) is 38.7 Å². The Hall–Kier alpha value is -1.50. The fourth-order valence-electron chi connectivity index (χ4n) is 1.19. The standard InChI is InChI=1S/C12H14O3/c1-3-12(15-9-8-13)10-4-6-11(14-2)7-5-10/h1,4-7,12-13H,8-9H2,2H3/t12-/m1/s1. The van der Waals surface area contributed by atoms with Gasteiger partial charge in [-0.1, -0.05) is 18.1 Å². The van der Waals surface area contributed by atoms with E-state index in [1.807, 2.05) is 24.3 Å². The number of methoxy groups -OCH3 is 1. The third-order valence-corrected chi connectivity index (χ3v) is 1.95. The molecule has 1 aromatic rings. The number of ether oxygens (including phenoxy) is 2. The summed E-state index contributed by atoms with van der Waals surface area (Å²) in [6.07, 6.45) is 4.91. The molecule has 0 saturated heterocycles. The lowest BCUT2D eigenvalue weighted by Crippen LogP contribution is -2.05. The molecular formula is C12H14O3. The Morgan fingerprint density at radius 1 is 1.40 bits per heavy atom. The lowest BCUT2D eigenvalue weighted by atomic mass is 10.1. The van der Waals surface area contributed by atoms with Crippen molar-refractivity contribution in [1.29, 1.82) is 0 Å². The van der Waals surface area contributed by atoms with Crippen molar-refractivity contribution in [2.45, 2.75) is 6.10 Å². The van der Waals surface area contributed by atoms with Gasteiger partial charge in [0, 0.05) is 0 Å². The summed E-state index contributed by atoms with van der Waals surface area (Å²) in [7, 11) is 1.61. The fourth-order valence-corrected chi connectivity index (χ4v) is 1.19. The summed E-state index contributed by atoms with van der Waals surface area (Å²) in [5, 5.41) is 8.63. The molecule has 0 unspecified atom stereocenters. The van der Waals surface area contributed by atoms with Gasteiger partial charge in [0.25, 0.3) is 0 Å². The lowest BCUT2D eigenvalue weighted by Gasteiger charge is -2.11. The molecule has 0 aliphatic heterocycles. The van der Waals surface area contributed by atoms with E-state index in [9.17, 15) is 0 Å². The first-order chi connectivity index (χ1) is 7.31. The van der Waals surface area contributed by atoms with Crippen molar-refractivity contribution in [1.82, 2.24) is 0 Å². The zero-order chi connectivity index (χ0) is 11.1. The van der Waals surface area contributed by atoms with E-state index < -0.39 is 6.10 Å². The van der Waals surface area contributed by atoms with Gasteiger partial charge in [0.2, 0.25) is 0 Å². The molecule has 3 nitrogen and oxygen atoms in total. The molecule has 1 atom stereocenters. The monoisotopic (exact) mass is 206 g/mol. The van der Waals surface area contributed by atoms with Gasteiger partial charge >= 0.3 is 0 Å². The Morgan fingerprint density at radius 2 is 2.07 bits per heavy atom. The molecule has 3 heteroatoms. The van der Waals surface area contributed by atoms with Crippen LogP contribution < -0.4 is 4.74 Å². The maximum atomic E-state index is 8.63. The molecule has 0 saturated carbocycles. The van der Waals surface area contributed by atoms with Crippen molar-refractivity contribution in [3.63, 3.8) is 0 Å². The second-order valence-corrected chi connectivity index (χ2v) is 2.91. The van der Waals surface area contributed by atoms with Gasteiger partial charge < -0.3 is 14.6 Å². The minimum absolute atomic E-state index is 0.0334. The van der Waals surface area contributed by atoms with E-state index >= 15 is 0 Å². The highest BCUT2D eigenvalue weighted by molar-refractivity contribution is 5.31. The van der Waals surface area contributed by atoms with Gasteiger partial charge in [-0.05, 0) is 17.7 Å². The van der Waals surface area contributed by atoms with Gasteiger partial charge in [0.15, 0.2) is 0 Å². The van der Waals surface area contributed by atoms with E-state index in [-0.39, 0.29) is 13.2 Å². The molecule has 0 aliphatic carbocycles. The Morgan fingerprint density at radius 3 is 2.53 bits per heavy atom. The van der Waals surface area contributed by atoms with E-state index in [0.717, 1.165) is 11.3 Å². The van der Waals surface area contributed by atoms with Crippen LogP contribution in [0.25, 0.3) is 0 Å². The normalized spacial score (nSPS) is 11.8. The van der Waals surface area contributed by atoms with Crippen LogP contribution in [0.15, 0.2) is 24.3 Å². The van der Waals surface area contributed by atoms with Crippen LogP contribution in [-0.2, 0) is 4.74 Å². The van der Waals surface area contributed by atoms with Crippen LogP contribution in [0.1, 0.15) is 11.7 Å². The second kappa shape index (κ2) is 6.07. The number of aliphatic hydroxyl groups is 1. The van der Waals surface area contributed by atoms with Crippen LogP contribution >= 0.6 is 0 Å². The van der Waals surface area contributed by atoms with Crippen molar-refractivity contribution in [2.75, 3.05) is 20.3 Å². The summed E-state index contributed by atoms with van der Waals surface area (Å²) < 4.78 is 10.3. The van der Waals surface area contributed by atoms with Crippen molar-refractivity contribution < 1.29 is 14.6 Å². The summed E-state index contributed by atoms with van der Waals surface area (Å²) in [4.78, 5) is 0. The zero-order valence-corrected chi connectivity index (χ0v) is 8.64. The van der Waals surface area contributed by atoms with Crippen LogP contribution in [0.2, 0.25) is 0 Å². The van der Waals surface area contributed by atoms with Gasteiger partial charge in [0.1, 0.15) is 11.9 Å². The maximum Gasteiger partial charge on any atom is 0.143 e. The van der Waals surface area contributed by atoms with Crippen LogP contribution in [-0.4, -0.2) is 25.4 Å². The first kappa shape index (κ1) is 11.6. The van der Waals surface area contributed by atoms with Crippen LogP contribution in [0, 0.1) is 12.3 Å². The minimum atomic E-state index is -0.414. The SMILES string of the molecule is C#C[C@@H](OCCO)c1ccc(OC)cc1. The molecule has 0 aliphatic rings. The fraction of sp³-hybridized carbons (Fsp3) is 0.333. The first-order valence-electron chi connectivity index (χ1n) is 4.64. The number of terminal acetylenes is 1. The van der Waals surface area contributed by atoms with Gasteiger partial charge in [-0.3, -0.25) is 0 Å². The van der Waals surface area contributed by atoms with E-state index in [2.05, 4.69) is 5.92 Å². The third kappa shape index (κ3) is 3.28. The van der Waals surface area contributed by atoms with Gasteiger partial charge in [-0.2, -0.15) is 0 Å². The molecule has 80 valence electrons. The first-order valence-corrected chi connectivity index (χ1v) is 4.64. The van der Waals surface area contributed by atoms with Crippen molar-refractivity contribution in [3.05, 3.63) is 29.8 Å².